The van der Waals surface area contributed by atoms with Crippen LogP contribution in [0.2, 0.25) is 0 Å². The lowest BCUT2D eigenvalue weighted by Gasteiger charge is -2.51. The summed E-state index contributed by atoms with van der Waals surface area (Å²) in [7, 11) is 1.31. The van der Waals surface area contributed by atoms with Gasteiger partial charge in [-0.3, -0.25) is 19.2 Å². The van der Waals surface area contributed by atoms with Crippen LogP contribution < -0.4 is 16.1 Å². The van der Waals surface area contributed by atoms with Crippen molar-refractivity contribution in [2.24, 2.45) is 0 Å². The second kappa shape index (κ2) is 25.1. The zero-order chi connectivity index (χ0) is 50.7. The molecule has 69 heavy (non-hydrogen) atoms. The number of nitrogens with one attached hydrogen (secondary N) is 3. The van der Waals surface area contributed by atoms with Crippen LogP contribution in [-0.2, 0) is 47.5 Å². The SMILES string of the molecule is COC(=O)CCCCCCCCO[C@@H]1OC(CO)[C@H](OC2OC(CO)[C@@H](O)C(O[C@]3(C(=O)O)CC(O)[C@@H](NC(C)=O)C(C(O)C(O)CO)O3)C2O)C(O)C1NC(=O)c1cc(=O)c2cccc(O)c2[nH]1. The van der Waals surface area contributed by atoms with E-state index < -0.39 is 147 Å². The molecule has 2 aromatic rings. The van der Waals surface area contributed by atoms with E-state index in [-0.39, 0.29) is 34.9 Å². The highest BCUT2D eigenvalue weighted by atomic mass is 16.8. The molecule has 26 heteroatoms. The quantitative estimate of drug-likeness (QED) is 0.0370. The number of phenolic OH excluding ortho intramolecular Hbond substituents is 1. The maximum Gasteiger partial charge on any atom is 0.364 e. The van der Waals surface area contributed by atoms with E-state index in [4.69, 9.17) is 28.4 Å². The number of aliphatic hydroxyl groups is 9. The van der Waals surface area contributed by atoms with Crippen molar-refractivity contribution in [3.05, 3.63) is 40.2 Å². The summed E-state index contributed by atoms with van der Waals surface area (Å²) < 4.78 is 39.7. The van der Waals surface area contributed by atoms with Crippen molar-refractivity contribution in [1.29, 1.82) is 0 Å². The summed E-state index contributed by atoms with van der Waals surface area (Å²) in [4.78, 5) is 65.9. The molecule has 1 aromatic carbocycles. The Bertz CT molecular complexity index is 2100. The first-order valence-electron chi connectivity index (χ1n) is 22.4. The molecular formula is C43H63N3O23. The first-order valence-corrected chi connectivity index (χ1v) is 22.4. The van der Waals surface area contributed by atoms with Crippen molar-refractivity contribution >= 4 is 34.7 Å². The maximum atomic E-state index is 13.8. The van der Waals surface area contributed by atoms with Gasteiger partial charge >= 0.3 is 11.9 Å². The number of benzene rings is 1. The summed E-state index contributed by atoms with van der Waals surface area (Å²) in [5.41, 5.74) is -1.09. The number of hydrogen-bond donors (Lipinski definition) is 14. The van der Waals surface area contributed by atoms with Crippen molar-refractivity contribution in [2.45, 2.75) is 156 Å². The number of esters is 1. The van der Waals surface area contributed by atoms with Crippen LogP contribution >= 0.6 is 0 Å². The van der Waals surface area contributed by atoms with E-state index in [0.29, 0.717) is 25.7 Å². The van der Waals surface area contributed by atoms with Gasteiger partial charge < -0.3 is 105 Å². The molecule has 26 nitrogen and oxygen atoms in total. The average molecular weight is 990 g/mol. The number of methoxy groups -OCH3 is 1. The van der Waals surface area contributed by atoms with Gasteiger partial charge in [0.05, 0.1) is 44.6 Å². The molecule has 0 aliphatic carbocycles. The van der Waals surface area contributed by atoms with Crippen molar-refractivity contribution in [3.8, 4) is 5.75 Å². The predicted octanol–water partition coefficient (Wildman–Crippen LogP) is -4.31. The van der Waals surface area contributed by atoms with Crippen molar-refractivity contribution < 1.29 is 109 Å². The van der Waals surface area contributed by atoms with E-state index in [2.05, 4.69) is 20.4 Å². The van der Waals surface area contributed by atoms with E-state index >= 15 is 0 Å². The highest BCUT2D eigenvalue weighted by molar-refractivity contribution is 5.96. The maximum absolute atomic E-state index is 13.8. The molecule has 3 aliphatic rings. The Kier molecular flexibility index (Phi) is 20.1. The molecule has 388 valence electrons. The van der Waals surface area contributed by atoms with Gasteiger partial charge in [-0.2, -0.15) is 0 Å². The van der Waals surface area contributed by atoms with Crippen LogP contribution in [0.5, 0.6) is 5.75 Å². The number of H-pyrrole nitrogens is 1. The lowest BCUT2D eigenvalue weighted by atomic mass is 9.88. The first kappa shape index (κ1) is 55.4. The number of carboxylic acids is 1. The molecule has 0 saturated carbocycles. The van der Waals surface area contributed by atoms with Crippen LogP contribution in [-0.4, -0.2) is 216 Å². The molecular weight excluding hydrogens is 926 g/mol. The molecule has 5 rings (SSSR count). The third-order valence-corrected chi connectivity index (χ3v) is 12.1. The largest absolute Gasteiger partial charge is 0.506 e. The van der Waals surface area contributed by atoms with E-state index in [9.17, 15) is 80.1 Å². The number of unbranched alkanes of at least 4 members (excludes halogenated alkanes) is 5. The number of aromatic hydroxyl groups is 1. The molecule has 0 bridgehead atoms. The number of aliphatic hydroxyl groups excluding tert-OH is 9. The normalized spacial score (nSPS) is 32.5. The number of carbonyl (C=O) groups is 4. The molecule has 0 spiro atoms. The third kappa shape index (κ3) is 13.3. The number of aromatic amines is 1. The number of aromatic nitrogens is 1. The van der Waals surface area contributed by atoms with Crippen molar-refractivity contribution in [2.75, 3.05) is 33.5 Å². The van der Waals surface area contributed by atoms with E-state index in [0.717, 1.165) is 32.3 Å². The summed E-state index contributed by atoms with van der Waals surface area (Å²) in [6.45, 7) is -2.01. The van der Waals surface area contributed by atoms with E-state index in [1.165, 1.54) is 25.3 Å². The van der Waals surface area contributed by atoms with Gasteiger partial charge in [-0.25, -0.2) is 4.79 Å². The van der Waals surface area contributed by atoms with Crippen LogP contribution in [0, 0.1) is 0 Å². The van der Waals surface area contributed by atoms with Crippen LogP contribution in [0.25, 0.3) is 10.9 Å². The Morgan fingerprint density at radius 3 is 2.17 bits per heavy atom. The van der Waals surface area contributed by atoms with Gasteiger partial charge in [0.2, 0.25) is 5.91 Å². The van der Waals surface area contributed by atoms with Gasteiger partial charge in [0.25, 0.3) is 11.7 Å². The lowest BCUT2D eigenvalue weighted by Crippen LogP contribution is -2.71. The van der Waals surface area contributed by atoms with Gasteiger partial charge in [0, 0.05) is 37.8 Å². The monoisotopic (exact) mass is 989 g/mol. The molecule has 11 unspecified atom stereocenters. The number of para-hydroxylation sites is 1. The van der Waals surface area contributed by atoms with Gasteiger partial charge in [-0.1, -0.05) is 31.7 Å². The third-order valence-electron chi connectivity index (χ3n) is 12.1. The Balaban J connectivity index is 1.40. The molecule has 0 radical (unpaired) electrons. The molecule has 16 atom stereocenters. The number of pyridine rings is 1. The Labute approximate surface area is 393 Å². The first-order chi connectivity index (χ1) is 32.8. The second-order valence-corrected chi connectivity index (χ2v) is 17.0. The summed E-state index contributed by atoms with van der Waals surface area (Å²) in [6.07, 6.45) is -22.1. The second-order valence-electron chi connectivity index (χ2n) is 17.0. The number of amides is 2. The molecule has 14 N–H and O–H groups in total. The minimum absolute atomic E-state index is 0.000308. The number of aliphatic carboxylic acids is 1. The fourth-order valence-electron chi connectivity index (χ4n) is 8.45. The highest BCUT2D eigenvalue weighted by Crippen LogP contribution is 2.38. The predicted molar refractivity (Wildman–Crippen MR) is 230 cm³/mol. The Morgan fingerprint density at radius 2 is 1.54 bits per heavy atom. The number of ether oxygens (including phenoxy) is 7. The van der Waals surface area contributed by atoms with Crippen LogP contribution in [0.15, 0.2) is 29.1 Å². The van der Waals surface area contributed by atoms with E-state index in [1.54, 1.807) is 0 Å². The zero-order valence-corrected chi connectivity index (χ0v) is 37.8. The number of carbonyl (C=O) groups excluding carboxylic acids is 3. The van der Waals surface area contributed by atoms with Crippen molar-refractivity contribution in [1.82, 2.24) is 15.6 Å². The summed E-state index contributed by atoms with van der Waals surface area (Å²) in [5, 5.41) is 123. The molecule has 3 saturated heterocycles. The van der Waals surface area contributed by atoms with Crippen LogP contribution in [0.3, 0.4) is 0 Å². The number of phenols is 1. The number of carboxylic acid groups (broad SMARTS) is 1. The fraction of sp³-hybridized carbons (Fsp3) is 0.698. The Morgan fingerprint density at radius 1 is 0.870 bits per heavy atom. The van der Waals surface area contributed by atoms with Gasteiger partial charge in [-0.15, -0.1) is 0 Å². The standard InChI is InChI=1S/C43H63N3O23/c1-19(50)44-30-24(53)15-43(42(61)62,68-37(30)32(56)25(54)16-47)69-38-33(57)26(17-48)65-41(35(38)59)67-36-27(18-49)66-40(64-13-8-6-4-3-5-7-12-28(55)63-2)31(34(36)58)46-39(60)21-14-23(52)20-10-9-11-22(51)29(20)45-21/h9-11,14,24-27,30-38,40-41,47-49,51,53-54,56-59H,3-8,12-13,15-18H2,1-2H3,(H,44,50)(H,45,52)(H,46,60)(H,61,62)/t24?,25?,26?,27?,30-,31?,32?,33-,34?,35?,36+,37?,38?,40-,41?,43+/m1/s1. The number of rotatable bonds is 23. The number of hydrogen-bond acceptors (Lipinski definition) is 22. The van der Waals surface area contributed by atoms with Gasteiger partial charge in [-0.05, 0) is 25.0 Å². The van der Waals surface area contributed by atoms with Gasteiger partial charge in [0.1, 0.15) is 78.5 Å². The number of fused-ring (bicyclic) bond motifs is 1. The Hall–Kier alpha value is -4.49. The summed E-state index contributed by atoms with van der Waals surface area (Å²) in [5.74, 6) is -7.57. The molecule has 4 heterocycles. The molecule has 3 aliphatic heterocycles. The van der Waals surface area contributed by atoms with Crippen molar-refractivity contribution in [3.63, 3.8) is 0 Å². The van der Waals surface area contributed by atoms with Crippen LogP contribution in [0.1, 0.15) is 68.8 Å². The topological polar surface area (TPSA) is 412 Å². The summed E-state index contributed by atoms with van der Waals surface area (Å²) in [6, 6.07) is 1.85. The smallest absolute Gasteiger partial charge is 0.364 e. The van der Waals surface area contributed by atoms with E-state index in [1.807, 2.05) is 0 Å². The van der Waals surface area contributed by atoms with Gasteiger partial charge in [0.15, 0.2) is 18.0 Å². The van der Waals surface area contributed by atoms with Crippen LogP contribution in [0.4, 0.5) is 0 Å². The fourth-order valence-corrected chi connectivity index (χ4v) is 8.45. The average Bonchev–Trinajstić information content (AvgIpc) is 3.32. The molecule has 2 amide bonds. The minimum Gasteiger partial charge on any atom is -0.506 e. The summed E-state index contributed by atoms with van der Waals surface area (Å²) >= 11 is 0. The lowest BCUT2D eigenvalue weighted by molar-refractivity contribution is -0.382. The zero-order valence-electron chi connectivity index (χ0n) is 37.8. The highest BCUT2D eigenvalue weighted by Gasteiger charge is 2.60. The molecule has 3 fully saturated rings. The molecule has 1 aromatic heterocycles. The minimum atomic E-state index is -3.12.